The van der Waals surface area contributed by atoms with E-state index in [-0.39, 0.29) is 24.7 Å². The molecule has 24 heavy (non-hydrogen) atoms. The van der Waals surface area contributed by atoms with Crippen molar-refractivity contribution in [3.63, 3.8) is 0 Å². The van der Waals surface area contributed by atoms with E-state index in [9.17, 15) is 18.0 Å². The van der Waals surface area contributed by atoms with Crippen LogP contribution in [0.25, 0.3) is 0 Å². The number of rotatable bonds is 4. The Labute approximate surface area is 139 Å². The number of aliphatic hydroxyl groups is 1. The van der Waals surface area contributed by atoms with Gasteiger partial charge in [0.15, 0.2) is 0 Å². The van der Waals surface area contributed by atoms with Crippen molar-refractivity contribution >= 4 is 6.03 Å². The fourth-order valence-electron chi connectivity index (χ4n) is 2.96. The number of aliphatic hydroxyl groups excluding tert-OH is 1. The van der Waals surface area contributed by atoms with Crippen LogP contribution in [-0.4, -0.2) is 23.8 Å². The van der Waals surface area contributed by atoms with Crippen molar-refractivity contribution < 1.29 is 23.1 Å². The van der Waals surface area contributed by atoms with Crippen molar-refractivity contribution in [2.24, 2.45) is 5.92 Å². The Morgan fingerprint density at radius 3 is 2.29 bits per heavy atom. The topological polar surface area (TPSA) is 61.4 Å². The number of halogens is 3. The van der Waals surface area contributed by atoms with E-state index in [0.29, 0.717) is 11.5 Å². The zero-order chi connectivity index (χ0) is 17.7. The molecule has 0 aromatic heterocycles. The van der Waals surface area contributed by atoms with Crippen LogP contribution in [0.1, 0.15) is 49.8 Å². The standard InChI is InChI=1S/C17H23F3N2O2/c1-11(13-4-6-14(7-5-13)17(18,19)20)21-16(24)22-15-8-2-12(10-23)3-9-15/h4-7,11-12,15,23H,2-3,8-10H2,1H3,(H2,21,22,24). The van der Waals surface area contributed by atoms with E-state index in [2.05, 4.69) is 10.6 Å². The van der Waals surface area contributed by atoms with Gasteiger partial charge in [-0.15, -0.1) is 0 Å². The number of hydrogen-bond acceptors (Lipinski definition) is 2. The molecule has 3 N–H and O–H groups in total. The second-order valence-corrected chi connectivity index (χ2v) is 6.36. The molecule has 1 saturated carbocycles. The van der Waals surface area contributed by atoms with Crippen LogP contribution in [0, 0.1) is 5.92 Å². The number of carbonyl (C=O) groups is 1. The highest BCUT2D eigenvalue weighted by Crippen LogP contribution is 2.30. The molecule has 134 valence electrons. The number of urea groups is 1. The molecule has 1 unspecified atom stereocenters. The van der Waals surface area contributed by atoms with Crippen LogP contribution in [-0.2, 0) is 6.18 Å². The highest BCUT2D eigenvalue weighted by atomic mass is 19.4. The smallest absolute Gasteiger partial charge is 0.396 e. The molecule has 1 atom stereocenters. The number of nitrogens with one attached hydrogen (secondary N) is 2. The van der Waals surface area contributed by atoms with Crippen molar-refractivity contribution in [2.45, 2.75) is 50.9 Å². The van der Waals surface area contributed by atoms with E-state index in [1.54, 1.807) is 6.92 Å². The first kappa shape index (κ1) is 18.6. The minimum atomic E-state index is -4.36. The third kappa shape index (κ3) is 5.12. The molecule has 2 amide bonds. The minimum absolute atomic E-state index is 0.0765. The zero-order valence-electron chi connectivity index (χ0n) is 13.6. The summed E-state index contributed by atoms with van der Waals surface area (Å²) in [5.74, 6) is 0.317. The highest BCUT2D eigenvalue weighted by molar-refractivity contribution is 5.74. The summed E-state index contributed by atoms with van der Waals surface area (Å²) < 4.78 is 37.6. The van der Waals surface area contributed by atoms with Crippen LogP contribution in [0.4, 0.5) is 18.0 Å². The molecule has 0 bridgehead atoms. The van der Waals surface area contributed by atoms with Crippen LogP contribution in [0.5, 0.6) is 0 Å². The van der Waals surface area contributed by atoms with Gasteiger partial charge < -0.3 is 15.7 Å². The van der Waals surface area contributed by atoms with Gasteiger partial charge in [-0.3, -0.25) is 0 Å². The molecule has 0 aliphatic heterocycles. The van der Waals surface area contributed by atoms with E-state index < -0.39 is 11.7 Å². The van der Waals surface area contributed by atoms with E-state index in [0.717, 1.165) is 37.8 Å². The second-order valence-electron chi connectivity index (χ2n) is 6.36. The summed E-state index contributed by atoms with van der Waals surface area (Å²) in [4.78, 5) is 12.0. The number of alkyl halides is 3. The predicted octanol–water partition coefficient (Wildman–Crippen LogP) is 3.62. The van der Waals surface area contributed by atoms with Crippen molar-refractivity contribution in [1.29, 1.82) is 0 Å². The van der Waals surface area contributed by atoms with Crippen LogP contribution in [0.15, 0.2) is 24.3 Å². The lowest BCUT2D eigenvalue weighted by molar-refractivity contribution is -0.137. The summed E-state index contributed by atoms with van der Waals surface area (Å²) in [6.07, 6.45) is -0.938. The van der Waals surface area contributed by atoms with Crippen LogP contribution < -0.4 is 10.6 Å². The number of hydrogen-bond donors (Lipinski definition) is 3. The van der Waals surface area contributed by atoms with Gasteiger partial charge in [0.2, 0.25) is 0 Å². The van der Waals surface area contributed by atoms with E-state index in [1.807, 2.05) is 0 Å². The number of carbonyl (C=O) groups excluding carboxylic acids is 1. The van der Waals surface area contributed by atoms with Crippen LogP contribution >= 0.6 is 0 Å². The molecule has 0 saturated heterocycles. The first-order valence-electron chi connectivity index (χ1n) is 8.14. The molecule has 0 radical (unpaired) electrons. The molecule has 1 aliphatic carbocycles. The normalized spacial score (nSPS) is 22.7. The lowest BCUT2D eigenvalue weighted by Gasteiger charge is -2.28. The summed E-state index contributed by atoms with van der Waals surface area (Å²) in [7, 11) is 0. The maximum atomic E-state index is 12.5. The van der Waals surface area contributed by atoms with Gasteiger partial charge in [-0.2, -0.15) is 13.2 Å². The molecular weight excluding hydrogens is 321 g/mol. The van der Waals surface area contributed by atoms with Gasteiger partial charge in [0.1, 0.15) is 0 Å². The molecule has 1 aliphatic rings. The lowest BCUT2D eigenvalue weighted by atomic mass is 9.87. The molecule has 7 heteroatoms. The monoisotopic (exact) mass is 344 g/mol. The summed E-state index contributed by atoms with van der Waals surface area (Å²) >= 11 is 0. The van der Waals surface area contributed by atoms with Crippen molar-refractivity contribution in [3.8, 4) is 0 Å². The van der Waals surface area contributed by atoms with Crippen molar-refractivity contribution in [3.05, 3.63) is 35.4 Å². The summed E-state index contributed by atoms with van der Waals surface area (Å²) in [6.45, 7) is 1.91. The first-order chi connectivity index (χ1) is 11.3. The maximum Gasteiger partial charge on any atom is 0.416 e. The van der Waals surface area contributed by atoms with Gasteiger partial charge in [0, 0.05) is 12.6 Å². The fraction of sp³-hybridized carbons (Fsp3) is 0.588. The van der Waals surface area contributed by atoms with Crippen molar-refractivity contribution in [2.75, 3.05) is 6.61 Å². The number of amides is 2. The van der Waals surface area contributed by atoms with Gasteiger partial charge in [0.05, 0.1) is 11.6 Å². The second kappa shape index (κ2) is 7.88. The average Bonchev–Trinajstić information content (AvgIpc) is 2.54. The Morgan fingerprint density at radius 2 is 1.79 bits per heavy atom. The Balaban J connectivity index is 1.83. The molecular formula is C17H23F3N2O2. The molecule has 1 aromatic rings. The van der Waals surface area contributed by atoms with Gasteiger partial charge in [0.25, 0.3) is 0 Å². The molecule has 1 aromatic carbocycles. The SMILES string of the molecule is CC(NC(=O)NC1CCC(CO)CC1)c1ccc(C(F)(F)F)cc1. The van der Waals surface area contributed by atoms with E-state index in [1.165, 1.54) is 12.1 Å². The Bertz CT molecular complexity index is 538. The molecule has 0 heterocycles. The summed E-state index contributed by atoms with van der Waals surface area (Å²) in [5.41, 5.74) is -0.0920. The maximum absolute atomic E-state index is 12.5. The first-order valence-corrected chi connectivity index (χ1v) is 8.14. The van der Waals surface area contributed by atoms with E-state index in [4.69, 9.17) is 5.11 Å². The van der Waals surface area contributed by atoms with Gasteiger partial charge in [-0.05, 0) is 56.2 Å². The molecule has 1 fully saturated rings. The van der Waals surface area contributed by atoms with Crippen molar-refractivity contribution in [1.82, 2.24) is 10.6 Å². The third-order valence-corrected chi connectivity index (χ3v) is 4.53. The van der Waals surface area contributed by atoms with Gasteiger partial charge >= 0.3 is 12.2 Å². The quantitative estimate of drug-likeness (QED) is 0.781. The fourth-order valence-corrected chi connectivity index (χ4v) is 2.96. The molecule has 2 rings (SSSR count). The largest absolute Gasteiger partial charge is 0.416 e. The average molecular weight is 344 g/mol. The Kier molecular flexibility index (Phi) is 6.10. The lowest BCUT2D eigenvalue weighted by Crippen LogP contribution is -2.44. The molecule has 0 spiro atoms. The minimum Gasteiger partial charge on any atom is -0.396 e. The van der Waals surface area contributed by atoms with Crippen LogP contribution in [0.2, 0.25) is 0 Å². The molecule has 4 nitrogen and oxygen atoms in total. The zero-order valence-corrected chi connectivity index (χ0v) is 13.6. The van der Waals surface area contributed by atoms with E-state index >= 15 is 0 Å². The predicted molar refractivity (Wildman–Crippen MR) is 84.4 cm³/mol. The Morgan fingerprint density at radius 1 is 1.21 bits per heavy atom. The number of benzene rings is 1. The van der Waals surface area contributed by atoms with Crippen LogP contribution in [0.3, 0.4) is 0 Å². The third-order valence-electron chi connectivity index (χ3n) is 4.53. The summed E-state index contributed by atoms with van der Waals surface area (Å²) in [5, 5.41) is 14.7. The summed E-state index contributed by atoms with van der Waals surface area (Å²) in [6, 6.07) is 4.15. The van der Waals surface area contributed by atoms with Gasteiger partial charge in [-0.25, -0.2) is 4.79 Å². The Hall–Kier alpha value is -1.76. The van der Waals surface area contributed by atoms with Gasteiger partial charge in [-0.1, -0.05) is 12.1 Å². The highest BCUT2D eigenvalue weighted by Gasteiger charge is 2.30.